The Morgan fingerprint density at radius 2 is 1.71 bits per heavy atom. The van der Waals surface area contributed by atoms with E-state index in [0.29, 0.717) is 47.8 Å². The molecule has 15 heteroatoms. The number of rotatable bonds is 7. The van der Waals surface area contributed by atoms with Crippen molar-refractivity contribution in [1.29, 1.82) is 0 Å². The first-order valence-electron chi connectivity index (χ1n) is 11.6. The van der Waals surface area contributed by atoms with Crippen molar-refractivity contribution in [3.05, 3.63) is 53.1 Å². The van der Waals surface area contributed by atoms with E-state index in [1.54, 1.807) is 0 Å². The molecule has 206 valence electrons. The molecule has 2 fully saturated rings. The molecule has 0 unspecified atom stereocenters. The molecule has 2 aromatic carbocycles. The number of ether oxygens (including phenoxy) is 2. The summed E-state index contributed by atoms with van der Waals surface area (Å²) in [5.74, 6) is -4.77. The number of hydroxylamine groups is 1. The maximum absolute atomic E-state index is 14.8. The summed E-state index contributed by atoms with van der Waals surface area (Å²) in [4.78, 5) is 27.6. The molecule has 38 heavy (non-hydrogen) atoms. The molecule has 2 aliphatic heterocycles. The minimum Gasteiger partial charge on any atom is -0.451 e. The number of carbonyl (C=O) groups excluding carboxylic acids is 2. The van der Waals surface area contributed by atoms with Gasteiger partial charge in [-0.05, 0) is 36.4 Å². The van der Waals surface area contributed by atoms with Crippen molar-refractivity contribution in [2.24, 2.45) is 0 Å². The molecule has 2 aliphatic rings. The second-order valence-electron chi connectivity index (χ2n) is 8.61. The van der Waals surface area contributed by atoms with Crippen LogP contribution < -0.4 is 10.2 Å². The normalized spacial score (nSPS) is 19.3. The van der Waals surface area contributed by atoms with Crippen LogP contribution >= 0.6 is 11.6 Å². The zero-order chi connectivity index (χ0) is 27.4. The number of morpholine rings is 1. The van der Waals surface area contributed by atoms with Gasteiger partial charge in [0.05, 0.1) is 24.7 Å². The maximum atomic E-state index is 14.8. The summed E-state index contributed by atoms with van der Waals surface area (Å²) in [6.45, 7) is 1.33. The molecule has 2 heterocycles. The molecule has 0 aromatic heterocycles. The fourth-order valence-electron chi connectivity index (χ4n) is 4.16. The lowest BCUT2D eigenvalue weighted by molar-refractivity contribution is -0.140. The molecule has 0 spiro atoms. The zero-order valence-corrected chi connectivity index (χ0v) is 21.6. The Morgan fingerprint density at radius 1 is 1.08 bits per heavy atom. The van der Waals surface area contributed by atoms with Crippen LogP contribution in [0.1, 0.15) is 0 Å². The number of sulfonamides is 1. The van der Waals surface area contributed by atoms with E-state index in [4.69, 9.17) is 21.1 Å². The van der Waals surface area contributed by atoms with Gasteiger partial charge in [0.1, 0.15) is 11.8 Å². The summed E-state index contributed by atoms with van der Waals surface area (Å²) in [6, 6.07) is 5.27. The van der Waals surface area contributed by atoms with Gasteiger partial charge in [-0.2, -0.15) is 4.31 Å². The molecular formula is C23H25ClF2N4O7S. The second kappa shape index (κ2) is 11.9. The molecule has 2 N–H and O–H groups in total. The highest BCUT2D eigenvalue weighted by atomic mass is 35.5. The number of hydrogen-bond acceptors (Lipinski definition) is 8. The summed E-state index contributed by atoms with van der Waals surface area (Å²) >= 11 is 5.79. The number of amides is 2. The largest absolute Gasteiger partial charge is 0.451 e. The van der Waals surface area contributed by atoms with E-state index >= 15 is 0 Å². The number of hydrogen-bond donors (Lipinski definition) is 2. The van der Waals surface area contributed by atoms with E-state index in [1.165, 1.54) is 34.6 Å². The number of nitrogens with one attached hydrogen (secondary N) is 1. The van der Waals surface area contributed by atoms with Gasteiger partial charge in [-0.3, -0.25) is 19.7 Å². The monoisotopic (exact) mass is 574 g/mol. The summed E-state index contributed by atoms with van der Waals surface area (Å²) in [5, 5.41) is 9.60. The fraction of sp³-hybridized carbons (Fsp3) is 0.391. The van der Waals surface area contributed by atoms with Crippen molar-refractivity contribution in [3.8, 4) is 11.5 Å². The van der Waals surface area contributed by atoms with Gasteiger partial charge in [0.25, 0.3) is 5.91 Å². The highest BCUT2D eigenvalue weighted by Crippen LogP contribution is 2.32. The first-order valence-corrected chi connectivity index (χ1v) is 13.4. The van der Waals surface area contributed by atoms with Gasteiger partial charge < -0.3 is 14.4 Å². The molecule has 2 aromatic rings. The van der Waals surface area contributed by atoms with Gasteiger partial charge >= 0.3 is 0 Å². The van der Waals surface area contributed by atoms with Crippen molar-refractivity contribution >= 4 is 33.4 Å². The van der Waals surface area contributed by atoms with Crippen LogP contribution in [0.3, 0.4) is 0 Å². The number of nitrogens with zero attached hydrogens (tertiary/aromatic N) is 3. The lowest BCUT2D eigenvalue weighted by Crippen LogP contribution is -2.62. The van der Waals surface area contributed by atoms with E-state index in [0.717, 1.165) is 0 Å². The zero-order valence-electron chi connectivity index (χ0n) is 20.0. The molecule has 1 atom stereocenters. The third kappa shape index (κ3) is 6.22. The third-order valence-electron chi connectivity index (χ3n) is 6.17. The van der Waals surface area contributed by atoms with Crippen LogP contribution in [0.4, 0.5) is 8.78 Å². The van der Waals surface area contributed by atoms with Crippen molar-refractivity contribution in [3.63, 3.8) is 0 Å². The minimum atomic E-state index is -4.64. The number of piperazine rings is 1. The minimum absolute atomic E-state index is 0.0507. The average Bonchev–Trinajstić information content (AvgIpc) is 2.91. The van der Waals surface area contributed by atoms with Gasteiger partial charge in [0, 0.05) is 37.7 Å². The molecule has 11 nitrogen and oxygen atoms in total. The Hall–Kier alpha value is -2.88. The molecule has 2 amide bonds. The van der Waals surface area contributed by atoms with Gasteiger partial charge in [0.15, 0.2) is 17.4 Å². The second-order valence-corrected chi connectivity index (χ2v) is 10.9. The van der Waals surface area contributed by atoms with E-state index in [-0.39, 0.29) is 37.8 Å². The third-order valence-corrected chi connectivity index (χ3v) is 8.31. The van der Waals surface area contributed by atoms with Crippen LogP contribution in [0.5, 0.6) is 11.5 Å². The standard InChI is InChI=1S/C23H25ClF2N4O7S/c24-15-1-3-16(4-2-15)37-22-18(25)11-17(12-19(22)26)38(34,35)30-6-5-29(13-20(30)23(32)27-33)21(31)14-28-7-9-36-10-8-28/h1-4,11-12,20,33H,5-10,13-14H2,(H,27,32)/t20-/m1/s1. The predicted octanol–water partition coefficient (Wildman–Crippen LogP) is 1.45. The van der Waals surface area contributed by atoms with Crippen LogP contribution in [0.15, 0.2) is 41.3 Å². The van der Waals surface area contributed by atoms with E-state index in [1.807, 2.05) is 4.90 Å². The van der Waals surface area contributed by atoms with Gasteiger partial charge in [-0.1, -0.05) is 11.6 Å². The first-order chi connectivity index (χ1) is 18.1. The predicted molar refractivity (Wildman–Crippen MR) is 129 cm³/mol. The highest BCUT2D eigenvalue weighted by molar-refractivity contribution is 7.89. The van der Waals surface area contributed by atoms with E-state index in [9.17, 15) is 32.0 Å². The Labute approximate surface area is 222 Å². The number of halogens is 3. The maximum Gasteiger partial charge on any atom is 0.263 e. The summed E-state index contributed by atoms with van der Waals surface area (Å²) in [7, 11) is -4.64. The summed E-state index contributed by atoms with van der Waals surface area (Å²) < 4.78 is 67.6. The van der Waals surface area contributed by atoms with Crippen LogP contribution in [0.25, 0.3) is 0 Å². The molecule has 0 aliphatic carbocycles. The van der Waals surface area contributed by atoms with Gasteiger partial charge in [-0.15, -0.1) is 0 Å². The Morgan fingerprint density at radius 3 is 2.32 bits per heavy atom. The molecule has 2 saturated heterocycles. The Kier molecular flexibility index (Phi) is 8.80. The summed E-state index contributed by atoms with van der Waals surface area (Å²) in [6.07, 6.45) is 0. The van der Waals surface area contributed by atoms with Crippen LogP contribution in [0, 0.1) is 11.6 Å². The molecule has 4 rings (SSSR count). The number of carbonyl (C=O) groups is 2. The van der Waals surface area contributed by atoms with Crippen molar-refractivity contribution < 1.29 is 41.5 Å². The summed E-state index contributed by atoms with van der Waals surface area (Å²) in [5.41, 5.74) is 1.40. The first kappa shape index (κ1) is 28.1. The molecule has 0 bridgehead atoms. The van der Waals surface area contributed by atoms with Crippen molar-refractivity contribution in [1.82, 2.24) is 19.6 Å². The Balaban J connectivity index is 1.54. The highest BCUT2D eigenvalue weighted by Gasteiger charge is 2.42. The topological polar surface area (TPSA) is 129 Å². The number of benzene rings is 2. The average molecular weight is 575 g/mol. The van der Waals surface area contributed by atoms with Gasteiger partial charge in [-0.25, -0.2) is 22.7 Å². The quantitative estimate of drug-likeness (QED) is 0.376. The fourth-order valence-corrected chi connectivity index (χ4v) is 5.88. The van der Waals surface area contributed by atoms with Crippen LogP contribution in [-0.4, -0.2) is 98.1 Å². The van der Waals surface area contributed by atoms with Crippen molar-refractivity contribution in [2.75, 3.05) is 52.5 Å². The van der Waals surface area contributed by atoms with Crippen molar-refractivity contribution in [2.45, 2.75) is 10.9 Å². The van der Waals surface area contributed by atoms with E-state index in [2.05, 4.69) is 0 Å². The van der Waals surface area contributed by atoms with Crippen LogP contribution in [0.2, 0.25) is 5.02 Å². The molecular weight excluding hydrogens is 550 g/mol. The van der Waals surface area contributed by atoms with Gasteiger partial charge in [0.2, 0.25) is 15.9 Å². The van der Waals surface area contributed by atoms with Crippen LogP contribution in [-0.2, 0) is 24.3 Å². The smallest absolute Gasteiger partial charge is 0.263 e. The molecule has 0 saturated carbocycles. The lowest BCUT2D eigenvalue weighted by atomic mass is 10.2. The molecule has 0 radical (unpaired) electrons. The Bertz CT molecular complexity index is 1270. The lowest BCUT2D eigenvalue weighted by Gasteiger charge is -2.40. The SMILES string of the molecule is O=C(NO)[C@H]1CN(C(=O)CN2CCOCC2)CCN1S(=O)(=O)c1cc(F)c(Oc2ccc(Cl)cc2)c(F)c1. The van der Waals surface area contributed by atoms with E-state index < -0.39 is 44.3 Å².